The average Bonchev–Trinajstić information content (AvgIpc) is 2.72. The van der Waals surface area contributed by atoms with E-state index in [2.05, 4.69) is 5.10 Å². The second kappa shape index (κ2) is 4.84. The molecule has 0 amide bonds. The Labute approximate surface area is 112 Å². The number of nitrogens with two attached hydrogens (primary N) is 1. The zero-order valence-corrected chi connectivity index (χ0v) is 11.9. The Bertz CT molecular complexity index is 598. The van der Waals surface area contributed by atoms with E-state index in [1.54, 1.807) is 18.9 Å². The van der Waals surface area contributed by atoms with E-state index in [0.29, 0.717) is 11.6 Å². The van der Waals surface area contributed by atoms with Gasteiger partial charge in [0.15, 0.2) is 11.5 Å². The van der Waals surface area contributed by atoms with E-state index in [0.717, 1.165) is 28.1 Å². The summed E-state index contributed by atoms with van der Waals surface area (Å²) in [5.74, 6) is 2.03. The highest BCUT2D eigenvalue weighted by molar-refractivity contribution is 5.75. The molecule has 0 atom stereocenters. The number of methoxy groups -OCH3 is 2. The Morgan fingerprint density at radius 3 is 2.21 bits per heavy atom. The first-order chi connectivity index (χ1) is 8.99. The second-order valence-electron chi connectivity index (χ2n) is 4.51. The van der Waals surface area contributed by atoms with Crippen LogP contribution in [0, 0.1) is 13.8 Å². The molecule has 0 unspecified atom stereocenters. The first-order valence-corrected chi connectivity index (χ1v) is 6.01. The molecule has 0 saturated carbocycles. The van der Waals surface area contributed by atoms with Gasteiger partial charge >= 0.3 is 0 Å². The molecule has 0 bridgehead atoms. The van der Waals surface area contributed by atoms with Gasteiger partial charge in [-0.1, -0.05) is 0 Å². The topological polar surface area (TPSA) is 62.3 Å². The van der Waals surface area contributed by atoms with Crippen LogP contribution in [0.15, 0.2) is 12.1 Å². The van der Waals surface area contributed by atoms with Crippen molar-refractivity contribution in [2.45, 2.75) is 13.8 Å². The molecule has 0 radical (unpaired) electrons. The van der Waals surface area contributed by atoms with Crippen LogP contribution in [-0.2, 0) is 7.05 Å². The van der Waals surface area contributed by atoms with E-state index in [9.17, 15) is 0 Å². The van der Waals surface area contributed by atoms with Gasteiger partial charge in [-0.15, -0.1) is 0 Å². The summed E-state index contributed by atoms with van der Waals surface area (Å²) < 4.78 is 12.6. The molecule has 1 aromatic heterocycles. The smallest absolute Gasteiger partial charge is 0.170 e. The number of nitrogens with zero attached hydrogens (tertiary/aromatic N) is 2. The third kappa shape index (κ3) is 2.12. The highest BCUT2D eigenvalue weighted by atomic mass is 16.5. The molecule has 0 aliphatic carbocycles. The molecule has 1 heterocycles. The number of hydrogen-bond acceptors (Lipinski definition) is 4. The lowest BCUT2D eigenvalue weighted by Gasteiger charge is -2.16. The Morgan fingerprint density at radius 2 is 1.74 bits per heavy atom. The fraction of sp³-hybridized carbons (Fsp3) is 0.357. The lowest BCUT2D eigenvalue weighted by Crippen LogP contribution is -1.99. The first kappa shape index (κ1) is 13.3. The van der Waals surface area contributed by atoms with Crippen molar-refractivity contribution < 1.29 is 9.47 Å². The monoisotopic (exact) mass is 261 g/mol. The Kier molecular flexibility index (Phi) is 3.38. The number of anilines is 1. The van der Waals surface area contributed by atoms with E-state index in [1.807, 2.05) is 33.0 Å². The van der Waals surface area contributed by atoms with Gasteiger partial charge in [0.25, 0.3) is 0 Å². The van der Waals surface area contributed by atoms with Gasteiger partial charge in [0.05, 0.1) is 19.9 Å². The van der Waals surface area contributed by atoms with Crippen molar-refractivity contribution in [1.29, 1.82) is 0 Å². The lowest BCUT2D eigenvalue weighted by molar-refractivity contribution is 0.353. The highest BCUT2D eigenvalue weighted by Crippen LogP contribution is 2.41. The molecule has 19 heavy (non-hydrogen) atoms. The lowest BCUT2D eigenvalue weighted by atomic mass is 10.0. The van der Waals surface area contributed by atoms with Crippen LogP contribution >= 0.6 is 0 Å². The van der Waals surface area contributed by atoms with E-state index in [-0.39, 0.29) is 0 Å². The van der Waals surface area contributed by atoms with Gasteiger partial charge < -0.3 is 15.2 Å². The van der Waals surface area contributed by atoms with Crippen LogP contribution < -0.4 is 15.2 Å². The number of rotatable bonds is 3. The molecule has 1 aromatic carbocycles. The molecule has 5 heteroatoms. The van der Waals surface area contributed by atoms with Crippen molar-refractivity contribution in [1.82, 2.24) is 9.78 Å². The van der Waals surface area contributed by atoms with Crippen LogP contribution in [-0.4, -0.2) is 24.0 Å². The maximum absolute atomic E-state index is 5.84. The number of benzene rings is 1. The minimum absolute atomic E-state index is 0.606. The van der Waals surface area contributed by atoms with E-state index >= 15 is 0 Å². The molecule has 2 aromatic rings. The average molecular weight is 261 g/mol. The summed E-state index contributed by atoms with van der Waals surface area (Å²) in [4.78, 5) is 0. The molecule has 2 N–H and O–H groups in total. The third-order valence-electron chi connectivity index (χ3n) is 3.34. The molecule has 2 rings (SSSR count). The summed E-state index contributed by atoms with van der Waals surface area (Å²) in [6.45, 7) is 4.04. The predicted octanol–water partition coefficient (Wildman–Crippen LogP) is 2.30. The van der Waals surface area contributed by atoms with Gasteiger partial charge in [-0.3, -0.25) is 4.68 Å². The Hall–Kier alpha value is -2.17. The van der Waals surface area contributed by atoms with Crippen molar-refractivity contribution in [2.75, 3.05) is 20.0 Å². The van der Waals surface area contributed by atoms with Gasteiger partial charge in [-0.05, 0) is 31.0 Å². The van der Waals surface area contributed by atoms with Crippen molar-refractivity contribution in [3.63, 3.8) is 0 Å². The summed E-state index contributed by atoms with van der Waals surface area (Å²) in [6.07, 6.45) is 0. The molecule has 102 valence electrons. The van der Waals surface area contributed by atoms with Gasteiger partial charge in [0.1, 0.15) is 5.82 Å². The largest absolute Gasteiger partial charge is 0.493 e. The number of nitrogen functional groups attached to an aromatic ring is 1. The zero-order valence-electron chi connectivity index (χ0n) is 11.9. The summed E-state index contributed by atoms with van der Waals surface area (Å²) in [5, 5.41) is 4.39. The summed E-state index contributed by atoms with van der Waals surface area (Å²) in [7, 11) is 5.08. The van der Waals surface area contributed by atoms with Gasteiger partial charge in [-0.25, -0.2) is 0 Å². The molecule has 0 saturated heterocycles. The van der Waals surface area contributed by atoms with Gasteiger partial charge in [0, 0.05) is 18.7 Å². The minimum atomic E-state index is 0.606. The first-order valence-electron chi connectivity index (χ1n) is 6.01. The SMILES string of the molecule is COc1c(-c2cc(N)n(C)n2)cc(C)c(C)c1OC. The molecular weight excluding hydrogens is 242 g/mol. The maximum Gasteiger partial charge on any atom is 0.170 e. The van der Waals surface area contributed by atoms with Crippen molar-refractivity contribution >= 4 is 5.82 Å². The summed E-state index contributed by atoms with van der Waals surface area (Å²) >= 11 is 0. The van der Waals surface area contributed by atoms with Crippen LogP contribution in [0.2, 0.25) is 0 Å². The van der Waals surface area contributed by atoms with E-state index in [1.165, 1.54) is 0 Å². The number of aromatic nitrogens is 2. The van der Waals surface area contributed by atoms with Crippen LogP contribution in [0.1, 0.15) is 11.1 Å². The van der Waals surface area contributed by atoms with Gasteiger partial charge in [0.2, 0.25) is 0 Å². The predicted molar refractivity (Wildman–Crippen MR) is 75.6 cm³/mol. The highest BCUT2D eigenvalue weighted by Gasteiger charge is 2.18. The fourth-order valence-electron chi connectivity index (χ4n) is 2.11. The molecule has 0 aliphatic rings. The van der Waals surface area contributed by atoms with Crippen LogP contribution in [0.3, 0.4) is 0 Å². The molecule has 5 nitrogen and oxygen atoms in total. The fourth-order valence-corrected chi connectivity index (χ4v) is 2.11. The number of ether oxygens (including phenoxy) is 2. The minimum Gasteiger partial charge on any atom is -0.493 e. The molecule has 0 spiro atoms. The van der Waals surface area contributed by atoms with E-state index in [4.69, 9.17) is 15.2 Å². The normalized spacial score (nSPS) is 10.6. The molecule has 0 aliphatic heterocycles. The Morgan fingerprint density at radius 1 is 1.11 bits per heavy atom. The van der Waals surface area contributed by atoms with Crippen LogP contribution in [0.25, 0.3) is 11.3 Å². The number of aryl methyl sites for hydroxylation is 2. The molecular formula is C14H19N3O2. The molecule has 0 fully saturated rings. The second-order valence-corrected chi connectivity index (χ2v) is 4.51. The van der Waals surface area contributed by atoms with Crippen molar-refractivity contribution in [3.8, 4) is 22.8 Å². The third-order valence-corrected chi connectivity index (χ3v) is 3.34. The maximum atomic E-state index is 5.84. The summed E-state index contributed by atoms with van der Waals surface area (Å²) in [5.41, 5.74) is 9.68. The van der Waals surface area contributed by atoms with Crippen molar-refractivity contribution in [3.05, 3.63) is 23.3 Å². The van der Waals surface area contributed by atoms with Crippen LogP contribution in [0.4, 0.5) is 5.82 Å². The quantitative estimate of drug-likeness (QED) is 0.921. The summed E-state index contributed by atoms with van der Waals surface area (Å²) in [6, 6.07) is 3.87. The zero-order chi connectivity index (χ0) is 14.2. The van der Waals surface area contributed by atoms with E-state index < -0.39 is 0 Å². The van der Waals surface area contributed by atoms with Crippen LogP contribution in [0.5, 0.6) is 11.5 Å². The standard InChI is InChI=1S/C14H19N3O2/c1-8-6-10(11-7-12(15)17(3)16-11)14(19-5)13(18-4)9(8)2/h6-7H,15H2,1-5H3. The number of hydrogen-bond donors (Lipinski definition) is 1. The van der Waals surface area contributed by atoms with Gasteiger partial charge in [-0.2, -0.15) is 5.10 Å². The van der Waals surface area contributed by atoms with Crippen molar-refractivity contribution in [2.24, 2.45) is 7.05 Å². The Balaban J connectivity index is 2.72.